The van der Waals surface area contributed by atoms with E-state index >= 15 is 0 Å². The topological polar surface area (TPSA) is 50.2 Å². The zero-order chi connectivity index (χ0) is 15.9. The van der Waals surface area contributed by atoms with Gasteiger partial charge in [0.2, 0.25) is 5.91 Å². The average Bonchev–Trinajstić information content (AvgIpc) is 2.99. The van der Waals surface area contributed by atoms with Crippen molar-refractivity contribution in [3.8, 4) is 0 Å². The van der Waals surface area contributed by atoms with Crippen LogP contribution in [0.2, 0.25) is 0 Å². The summed E-state index contributed by atoms with van der Waals surface area (Å²) in [6.45, 7) is 0.930. The Morgan fingerprint density at radius 2 is 2.14 bits per heavy atom. The van der Waals surface area contributed by atoms with Gasteiger partial charge < -0.3 is 4.57 Å². The van der Waals surface area contributed by atoms with Crippen molar-refractivity contribution in [1.29, 1.82) is 0 Å². The highest BCUT2D eigenvalue weighted by Crippen LogP contribution is 2.31. The van der Waals surface area contributed by atoms with Gasteiger partial charge in [-0.1, -0.05) is 0 Å². The molecular weight excluding hydrogens is 297 g/mol. The number of benzene rings is 1. The molecule has 5 nitrogen and oxygen atoms in total. The Hall–Kier alpha value is -2.09. The summed E-state index contributed by atoms with van der Waals surface area (Å²) in [4.78, 5) is 15.8. The van der Waals surface area contributed by atoms with Gasteiger partial charge in [0.25, 0.3) is 0 Å². The molecule has 1 aromatic heterocycles. The molecule has 118 valence electrons. The van der Waals surface area contributed by atoms with Gasteiger partial charge in [-0.3, -0.25) is 9.80 Å². The van der Waals surface area contributed by atoms with E-state index in [0.717, 1.165) is 18.6 Å². The van der Waals surface area contributed by atoms with Crippen LogP contribution >= 0.6 is 0 Å². The minimum absolute atomic E-state index is 0.0260. The number of carbonyl (C=O) groups excluding carboxylic acids is 1. The molecule has 0 atom stereocenters. The molecule has 0 aliphatic carbocycles. The maximum absolute atomic E-state index is 12.7. The van der Waals surface area contributed by atoms with Gasteiger partial charge in [-0.25, -0.2) is 10.4 Å². The van der Waals surface area contributed by atoms with Crippen LogP contribution in [-0.2, 0) is 24.6 Å². The van der Waals surface area contributed by atoms with Crippen molar-refractivity contribution in [2.45, 2.75) is 25.6 Å². The third-order valence-electron chi connectivity index (χ3n) is 3.80. The lowest BCUT2D eigenvalue weighted by atomic mass is 10.2. The van der Waals surface area contributed by atoms with Gasteiger partial charge in [-0.15, -0.1) is 0 Å². The minimum atomic E-state index is -4.38. The van der Waals surface area contributed by atoms with E-state index < -0.39 is 11.7 Å². The van der Waals surface area contributed by atoms with E-state index in [2.05, 4.69) is 10.4 Å². The summed E-state index contributed by atoms with van der Waals surface area (Å²) >= 11 is 0. The van der Waals surface area contributed by atoms with Gasteiger partial charge >= 0.3 is 6.18 Å². The second-order valence-corrected chi connectivity index (χ2v) is 5.27. The highest BCUT2D eigenvalue weighted by atomic mass is 19.4. The van der Waals surface area contributed by atoms with E-state index in [9.17, 15) is 18.0 Å². The minimum Gasteiger partial charge on any atom is -0.330 e. The molecule has 0 spiro atoms. The fraction of sp³-hybridized carbons (Fsp3) is 0.429. The lowest BCUT2D eigenvalue weighted by molar-refractivity contribution is -0.137. The number of hydrogen-bond donors (Lipinski definition) is 1. The number of amides is 1. The Kier molecular flexibility index (Phi) is 3.56. The first kappa shape index (κ1) is 14.8. The molecule has 0 unspecified atom stereocenters. The van der Waals surface area contributed by atoms with Crippen LogP contribution in [0, 0.1) is 0 Å². The number of aryl methyl sites for hydroxylation is 1. The Balaban J connectivity index is 1.84. The van der Waals surface area contributed by atoms with Crippen LogP contribution in [0.15, 0.2) is 18.2 Å². The fourth-order valence-electron chi connectivity index (χ4n) is 2.57. The summed E-state index contributed by atoms with van der Waals surface area (Å²) in [5, 5.41) is 1.53. The number of nitrogens with one attached hydrogen (secondary N) is 1. The van der Waals surface area contributed by atoms with Crippen molar-refractivity contribution in [1.82, 2.24) is 20.0 Å². The molecule has 0 radical (unpaired) electrons. The number of nitrogens with zero attached hydrogens (tertiary/aromatic N) is 3. The maximum atomic E-state index is 12.7. The lowest BCUT2D eigenvalue weighted by Gasteiger charge is -2.16. The number of carbonyl (C=O) groups is 1. The summed E-state index contributed by atoms with van der Waals surface area (Å²) in [5.74, 6) is 0.604. The normalized spacial score (nSPS) is 16.0. The molecule has 22 heavy (non-hydrogen) atoms. The Labute approximate surface area is 124 Å². The molecule has 1 amide bonds. The number of halogens is 3. The molecular formula is C14H15F3N4O. The Bertz CT molecular complexity index is 723. The predicted molar refractivity (Wildman–Crippen MR) is 73.5 cm³/mol. The van der Waals surface area contributed by atoms with Crippen LogP contribution in [0.5, 0.6) is 0 Å². The monoisotopic (exact) mass is 312 g/mol. The zero-order valence-electron chi connectivity index (χ0n) is 11.9. The maximum Gasteiger partial charge on any atom is 0.416 e. The van der Waals surface area contributed by atoms with E-state index in [0.29, 0.717) is 29.8 Å². The van der Waals surface area contributed by atoms with Crippen molar-refractivity contribution in [3.63, 3.8) is 0 Å². The van der Waals surface area contributed by atoms with E-state index in [1.165, 1.54) is 11.1 Å². The van der Waals surface area contributed by atoms with E-state index in [1.807, 2.05) is 0 Å². The largest absolute Gasteiger partial charge is 0.416 e. The van der Waals surface area contributed by atoms with E-state index in [-0.39, 0.29) is 12.5 Å². The summed E-state index contributed by atoms with van der Waals surface area (Å²) < 4.78 is 39.9. The molecule has 3 rings (SSSR count). The molecule has 1 aliphatic rings. The SMILES string of the molecule is Cn1c(CNN2CCCC2=O)nc2cc(C(F)(F)F)ccc21. The molecule has 0 bridgehead atoms. The molecule has 0 saturated carbocycles. The van der Waals surface area contributed by atoms with Crippen molar-refractivity contribution >= 4 is 16.9 Å². The van der Waals surface area contributed by atoms with Crippen molar-refractivity contribution in [3.05, 3.63) is 29.6 Å². The standard InChI is InChI=1S/C14H15F3N4O/c1-20-11-5-4-9(14(15,16)17)7-10(11)19-12(20)8-18-21-6-2-3-13(21)22/h4-5,7,18H,2-3,6,8H2,1H3. The number of aromatic nitrogens is 2. The first-order valence-corrected chi connectivity index (χ1v) is 6.92. The molecule has 2 heterocycles. The van der Waals surface area contributed by atoms with Gasteiger partial charge in [-0.05, 0) is 24.6 Å². The number of fused-ring (bicyclic) bond motifs is 1. The molecule has 1 aromatic carbocycles. The predicted octanol–water partition coefficient (Wildman–Crippen LogP) is 2.22. The van der Waals surface area contributed by atoms with Gasteiger partial charge in [0.1, 0.15) is 5.82 Å². The van der Waals surface area contributed by atoms with Crippen molar-refractivity contribution in [2.24, 2.45) is 7.05 Å². The molecule has 1 aliphatic heterocycles. The third-order valence-corrected chi connectivity index (χ3v) is 3.80. The first-order chi connectivity index (χ1) is 10.4. The summed E-state index contributed by atoms with van der Waals surface area (Å²) in [5.41, 5.74) is 3.17. The molecule has 1 saturated heterocycles. The number of alkyl halides is 3. The Morgan fingerprint density at radius 3 is 2.77 bits per heavy atom. The van der Waals surface area contributed by atoms with E-state index in [1.54, 1.807) is 11.6 Å². The number of hydrazine groups is 1. The van der Waals surface area contributed by atoms with Crippen LogP contribution in [0.1, 0.15) is 24.2 Å². The van der Waals surface area contributed by atoms with Gasteiger partial charge in [0.05, 0.1) is 23.1 Å². The molecule has 1 N–H and O–H groups in total. The highest BCUT2D eigenvalue weighted by molar-refractivity contribution is 5.78. The van der Waals surface area contributed by atoms with E-state index in [4.69, 9.17) is 0 Å². The number of imidazole rings is 1. The fourth-order valence-corrected chi connectivity index (χ4v) is 2.57. The van der Waals surface area contributed by atoms with Crippen molar-refractivity contribution in [2.75, 3.05) is 6.54 Å². The average molecular weight is 312 g/mol. The van der Waals surface area contributed by atoms with Gasteiger partial charge in [0.15, 0.2) is 0 Å². The third kappa shape index (κ3) is 2.66. The lowest BCUT2D eigenvalue weighted by Crippen LogP contribution is -2.38. The van der Waals surface area contributed by atoms with Crippen LogP contribution in [-0.4, -0.2) is 27.0 Å². The Morgan fingerprint density at radius 1 is 1.36 bits per heavy atom. The van der Waals surface area contributed by atoms with Crippen LogP contribution in [0.3, 0.4) is 0 Å². The summed E-state index contributed by atoms with van der Waals surface area (Å²) in [6.07, 6.45) is -3.06. The molecule has 8 heteroatoms. The second kappa shape index (κ2) is 5.28. The van der Waals surface area contributed by atoms with Crippen molar-refractivity contribution < 1.29 is 18.0 Å². The van der Waals surface area contributed by atoms with Gasteiger partial charge in [-0.2, -0.15) is 13.2 Å². The summed E-state index contributed by atoms with van der Waals surface area (Å²) in [7, 11) is 1.74. The van der Waals surface area contributed by atoms with Crippen LogP contribution in [0.25, 0.3) is 11.0 Å². The number of rotatable bonds is 3. The smallest absolute Gasteiger partial charge is 0.330 e. The van der Waals surface area contributed by atoms with Gasteiger partial charge in [0, 0.05) is 20.0 Å². The number of hydrogen-bond acceptors (Lipinski definition) is 3. The molecule has 2 aromatic rings. The molecule has 1 fully saturated rings. The quantitative estimate of drug-likeness (QED) is 0.945. The summed E-state index contributed by atoms with van der Waals surface area (Å²) in [6, 6.07) is 3.50. The zero-order valence-corrected chi connectivity index (χ0v) is 11.9. The highest BCUT2D eigenvalue weighted by Gasteiger charge is 2.31. The van der Waals surface area contributed by atoms with Crippen LogP contribution in [0.4, 0.5) is 13.2 Å². The van der Waals surface area contributed by atoms with Crippen LogP contribution < -0.4 is 5.43 Å². The second-order valence-electron chi connectivity index (χ2n) is 5.27. The first-order valence-electron chi connectivity index (χ1n) is 6.92.